The molecule has 0 saturated heterocycles. The number of carbonyl (C=O) groups excluding carboxylic acids is 3. The van der Waals surface area contributed by atoms with Crippen LogP contribution >= 0.6 is 0 Å². The molecule has 6 N–H and O–H groups in total. The first-order chi connectivity index (χ1) is 15.6. The van der Waals surface area contributed by atoms with Crippen LogP contribution in [0.3, 0.4) is 0 Å². The summed E-state index contributed by atoms with van der Waals surface area (Å²) in [5.74, 6) is -3.09. The normalized spacial score (nSPS) is 11.8. The molecule has 0 aliphatic heterocycles. The Morgan fingerprint density at radius 1 is 1.06 bits per heavy atom. The number of aliphatic carboxylic acids is 1. The molecule has 0 unspecified atom stereocenters. The first-order valence-electron chi connectivity index (χ1n) is 10.2. The molecule has 0 aliphatic rings. The Kier molecular flexibility index (Phi) is 12.6. The SMILES string of the molecule is CC(C)c1cccc(C(C)C)c1OC(=O)OCCNC(=O)[C@@H](N)CC(N)=O.O=C(O)C(F)(F)F. The summed E-state index contributed by atoms with van der Waals surface area (Å²) in [7, 11) is 0. The highest BCUT2D eigenvalue weighted by molar-refractivity contribution is 5.87. The average molecular weight is 493 g/mol. The minimum Gasteiger partial charge on any atom is -0.475 e. The van der Waals surface area contributed by atoms with E-state index in [9.17, 15) is 27.6 Å². The number of nitrogens with one attached hydrogen (secondary N) is 1. The van der Waals surface area contributed by atoms with Gasteiger partial charge in [0.1, 0.15) is 12.4 Å². The maximum atomic E-state index is 12.0. The van der Waals surface area contributed by atoms with Gasteiger partial charge in [0, 0.05) is 0 Å². The zero-order valence-electron chi connectivity index (χ0n) is 19.3. The summed E-state index contributed by atoms with van der Waals surface area (Å²) >= 11 is 0. The smallest absolute Gasteiger partial charge is 0.475 e. The van der Waals surface area contributed by atoms with Crippen LogP contribution in [0.25, 0.3) is 0 Å². The van der Waals surface area contributed by atoms with E-state index in [0.717, 1.165) is 11.1 Å². The Hall–Kier alpha value is -3.35. The van der Waals surface area contributed by atoms with Crippen LogP contribution in [0.1, 0.15) is 57.1 Å². The highest BCUT2D eigenvalue weighted by atomic mass is 19.4. The van der Waals surface area contributed by atoms with Crippen molar-refractivity contribution < 1.29 is 46.9 Å². The number of rotatable bonds is 9. The summed E-state index contributed by atoms with van der Waals surface area (Å²) in [6.07, 6.45) is -6.18. The minimum atomic E-state index is -5.08. The molecule has 0 heterocycles. The molecular formula is C21H30F3N3O7. The second-order valence-electron chi connectivity index (χ2n) is 7.65. The molecule has 0 aromatic heterocycles. The standard InChI is InChI=1S/C19H29N3O5.C2HF3O2/c1-11(2)13-6-5-7-14(12(3)4)17(13)27-19(25)26-9-8-22-18(24)15(20)10-16(21)23;3-2(4,5)1(6)7/h5-7,11-12,15H,8-10,20H2,1-4H3,(H2,21,23)(H,22,24);(H,6,7)/t15-;/m0./s1. The van der Waals surface area contributed by atoms with Crippen molar-refractivity contribution in [2.75, 3.05) is 13.2 Å². The highest BCUT2D eigenvalue weighted by Gasteiger charge is 2.38. The Labute approximate surface area is 194 Å². The second-order valence-corrected chi connectivity index (χ2v) is 7.65. The number of carboxylic acid groups (broad SMARTS) is 1. The molecule has 1 aromatic carbocycles. The number of hydrogen-bond donors (Lipinski definition) is 4. The van der Waals surface area contributed by atoms with Gasteiger partial charge < -0.3 is 31.4 Å². The summed E-state index contributed by atoms with van der Waals surface area (Å²) in [6.45, 7) is 8.02. The van der Waals surface area contributed by atoms with E-state index >= 15 is 0 Å². The molecule has 0 radical (unpaired) electrons. The molecule has 0 spiro atoms. The lowest BCUT2D eigenvalue weighted by molar-refractivity contribution is -0.192. The summed E-state index contributed by atoms with van der Waals surface area (Å²) in [6, 6.07) is 4.74. The zero-order chi connectivity index (χ0) is 26.6. The quantitative estimate of drug-likeness (QED) is 0.231. The molecule has 1 rings (SSSR count). The van der Waals surface area contributed by atoms with Crippen molar-refractivity contribution >= 4 is 23.9 Å². The number of ether oxygens (including phenoxy) is 2. The minimum absolute atomic E-state index is 0.0449. The summed E-state index contributed by atoms with van der Waals surface area (Å²) in [4.78, 5) is 43.3. The largest absolute Gasteiger partial charge is 0.513 e. The molecule has 1 atom stereocenters. The van der Waals surface area contributed by atoms with Gasteiger partial charge in [0.25, 0.3) is 0 Å². The fourth-order valence-corrected chi connectivity index (χ4v) is 2.46. The zero-order valence-corrected chi connectivity index (χ0v) is 19.3. The van der Waals surface area contributed by atoms with Gasteiger partial charge in [-0.15, -0.1) is 0 Å². The third kappa shape index (κ3) is 11.5. The summed E-state index contributed by atoms with van der Waals surface area (Å²) in [5, 5.41) is 9.59. The van der Waals surface area contributed by atoms with Crippen molar-refractivity contribution in [2.45, 2.75) is 58.2 Å². The Bertz CT molecular complexity index is 832. The third-order valence-corrected chi connectivity index (χ3v) is 4.13. The number of para-hydroxylation sites is 1. The van der Waals surface area contributed by atoms with E-state index in [1.54, 1.807) is 0 Å². The number of carboxylic acids is 1. The topological polar surface area (TPSA) is 171 Å². The van der Waals surface area contributed by atoms with Gasteiger partial charge >= 0.3 is 18.3 Å². The molecule has 0 aliphatic carbocycles. The fourth-order valence-electron chi connectivity index (χ4n) is 2.46. The second kappa shape index (κ2) is 14.0. The van der Waals surface area contributed by atoms with Crippen LogP contribution in [0, 0.1) is 0 Å². The van der Waals surface area contributed by atoms with Crippen LogP contribution in [0.4, 0.5) is 18.0 Å². The summed E-state index contributed by atoms with van der Waals surface area (Å²) < 4.78 is 42.2. The lowest BCUT2D eigenvalue weighted by Gasteiger charge is -2.18. The molecule has 13 heteroatoms. The van der Waals surface area contributed by atoms with E-state index in [4.69, 9.17) is 30.8 Å². The predicted molar refractivity (Wildman–Crippen MR) is 115 cm³/mol. The van der Waals surface area contributed by atoms with Crippen molar-refractivity contribution in [1.29, 1.82) is 0 Å². The monoisotopic (exact) mass is 493 g/mol. The van der Waals surface area contributed by atoms with E-state index < -0.39 is 36.2 Å². The number of halogens is 3. The number of alkyl halides is 3. The van der Waals surface area contributed by atoms with Gasteiger partial charge in [-0.1, -0.05) is 45.9 Å². The van der Waals surface area contributed by atoms with Crippen molar-refractivity contribution in [3.05, 3.63) is 29.3 Å². The number of amides is 2. The number of carbonyl (C=O) groups is 4. The van der Waals surface area contributed by atoms with Crippen LogP contribution in [0.15, 0.2) is 18.2 Å². The van der Waals surface area contributed by atoms with Crippen molar-refractivity contribution in [3.8, 4) is 5.75 Å². The Balaban J connectivity index is 0.00000135. The van der Waals surface area contributed by atoms with Crippen LogP contribution < -0.4 is 21.5 Å². The lowest BCUT2D eigenvalue weighted by atomic mass is 9.94. The van der Waals surface area contributed by atoms with Crippen LogP contribution in [-0.2, 0) is 19.1 Å². The maximum Gasteiger partial charge on any atom is 0.513 e. The molecule has 192 valence electrons. The van der Waals surface area contributed by atoms with Gasteiger partial charge in [-0.2, -0.15) is 13.2 Å². The molecule has 0 fully saturated rings. The van der Waals surface area contributed by atoms with E-state index in [1.807, 2.05) is 45.9 Å². The summed E-state index contributed by atoms with van der Waals surface area (Å²) in [5.41, 5.74) is 12.3. The molecular weight excluding hydrogens is 463 g/mol. The number of hydrogen-bond acceptors (Lipinski definition) is 7. The van der Waals surface area contributed by atoms with Gasteiger partial charge in [-0.05, 0) is 23.0 Å². The molecule has 10 nitrogen and oxygen atoms in total. The highest BCUT2D eigenvalue weighted by Crippen LogP contribution is 2.34. The van der Waals surface area contributed by atoms with Gasteiger partial charge in [0.2, 0.25) is 11.8 Å². The number of benzene rings is 1. The van der Waals surface area contributed by atoms with Gasteiger partial charge in [-0.25, -0.2) is 9.59 Å². The van der Waals surface area contributed by atoms with Crippen LogP contribution in [0.2, 0.25) is 0 Å². The molecule has 0 saturated carbocycles. The molecule has 34 heavy (non-hydrogen) atoms. The predicted octanol–water partition coefficient (Wildman–Crippen LogP) is 2.40. The number of primary amides is 1. The number of nitrogens with two attached hydrogens (primary N) is 2. The average Bonchev–Trinajstić information content (AvgIpc) is 2.70. The molecule has 2 amide bonds. The first-order valence-corrected chi connectivity index (χ1v) is 10.2. The molecule has 0 bridgehead atoms. The Morgan fingerprint density at radius 2 is 1.53 bits per heavy atom. The maximum absolute atomic E-state index is 12.0. The first kappa shape index (κ1) is 30.6. The van der Waals surface area contributed by atoms with Crippen molar-refractivity contribution in [1.82, 2.24) is 5.32 Å². The fraction of sp³-hybridized carbons (Fsp3) is 0.524. The van der Waals surface area contributed by atoms with E-state index in [-0.39, 0.29) is 31.4 Å². The van der Waals surface area contributed by atoms with Gasteiger partial charge in [0.15, 0.2) is 0 Å². The van der Waals surface area contributed by atoms with Crippen LogP contribution in [0.5, 0.6) is 5.75 Å². The van der Waals surface area contributed by atoms with Crippen LogP contribution in [-0.4, -0.2) is 54.4 Å². The van der Waals surface area contributed by atoms with E-state index in [2.05, 4.69) is 5.32 Å². The van der Waals surface area contributed by atoms with Crippen molar-refractivity contribution in [2.24, 2.45) is 11.5 Å². The van der Waals surface area contributed by atoms with E-state index in [1.165, 1.54) is 0 Å². The van der Waals surface area contributed by atoms with Gasteiger partial charge in [0.05, 0.1) is 19.0 Å². The van der Waals surface area contributed by atoms with Gasteiger partial charge in [-0.3, -0.25) is 9.59 Å². The lowest BCUT2D eigenvalue weighted by Crippen LogP contribution is -2.44. The van der Waals surface area contributed by atoms with Crippen molar-refractivity contribution in [3.63, 3.8) is 0 Å². The van der Waals surface area contributed by atoms with E-state index in [0.29, 0.717) is 5.75 Å². The third-order valence-electron chi connectivity index (χ3n) is 4.13. The Morgan fingerprint density at radius 3 is 1.91 bits per heavy atom. The molecule has 1 aromatic rings.